The first-order valence-electron chi connectivity index (χ1n) is 8.97. The number of aryl methyl sites for hydroxylation is 1. The summed E-state index contributed by atoms with van der Waals surface area (Å²) in [5.74, 6) is -1.86. The fourth-order valence-electron chi connectivity index (χ4n) is 4.24. The minimum atomic E-state index is -0.967. The molecule has 0 bridgehead atoms. The van der Waals surface area contributed by atoms with Crippen molar-refractivity contribution >= 4 is 23.4 Å². The highest BCUT2D eigenvalue weighted by Crippen LogP contribution is 2.29. The minimum absolute atomic E-state index is 0. The van der Waals surface area contributed by atoms with Crippen LogP contribution in [0.25, 0.3) is 11.0 Å². The lowest BCUT2D eigenvalue weighted by Gasteiger charge is -2.39. The maximum absolute atomic E-state index is 14.1. The van der Waals surface area contributed by atoms with Gasteiger partial charge in [-0.3, -0.25) is 4.57 Å². The van der Waals surface area contributed by atoms with Crippen LogP contribution in [0.2, 0.25) is 0 Å². The zero-order valence-electron chi connectivity index (χ0n) is 14.8. The van der Waals surface area contributed by atoms with Crippen LogP contribution < -0.4 is 5.69 Å². The second-order valence-corrected chi connectivity index (χ2v) is 7.13. The van der Waals surface area contributed by atoms with E-state index in [4.69, 9.17) is 4.74 Å². The van der Waals surface area contributed by atoms with Gasteiger partial charge in [-0.1, -0.05) is 0 Å². The van der Waals surface area contributed by atoms with Crippen LogP contribution in [0.3, 0.4) is 0 Å². The number of nitrogens with zero attached hydrogens (tertiary/aromatic N) is 2. The van der Waals surface area contributed by atoms with Crippen LogP contribution in [0.5, 0.6) is 0 Å². The van der Waals surface area contributed by atoms with Crippen molar-refractivity contribution in [1.82, 2.24) is 14.5 Å². The van der Waals surface area contributed by atoms with Gasteiger partial charge in [0.05, 0.1) is 5.52 Å². The highest BCUT2D eigenvalue weighted by atomic mass is 35.5. The molecule has 4 rings (SSSR count). The van der Waals surface area contributed by atoms with E-state index in [2.05, 4.69) is 9.88 Å². The van der Waals surface area contributed by atoms with Crippen LogP contribution in [0, 0.1) is 18.6 Å². The lowest BCUT2D eigenvalue weighted by molar-refractivity contribution is 0.0220. The molecule has 2 fully saturated rings. The Bertz CT molecular complexity index is 837. The SMILES string of the molecule is Cc1cc2c([nH]c(=O)n2C2CCN(C3CCOCC3)CC2)c(F)c1F.Cl. The summed E-state index contributed by atoms with van der Waals surface area (Å²) in [6.07, 6.45) is 3.79. The van der Waals surface area contributed by atoms with Crippen molar-refractivity contribution in [3.05, 3.63) is 33.7 Å². The molecule has 2 aliphatic rings. The fraction of sp³-hybridized carbons (Fsp3) is 0.611. The van der Waals surface area contributed by atoms with Gasteiger partial charge in [0.2, 0.25) is 0 Å². The molecular weight excluding hydrogens is 364 g/mol. The summed E-state index contributed by atoms with van der Waals surface area (Å²) in [7, 11) is 0. The Kier molecular flexibility index (Phi) is 5.69. The number of benzene rings is 1. The molecule has 0 amide bonds. The molecule has 1 aromatic heterocycles. The molecule has 0 saturated carbocycles. The second-order valence-electron chi connectivity index (χ2n) is 7.13. The van der Waals surface area contributed by atoms with Crippen LogP contribution in [0.15, 0.2) is 10.9 Å². The minimum Gasteiger partial charge on any atom is -0.381 e. The zero-order chi connectivity index (χ0) is 17.6. The first-order chi connectivity index (χ1) is 12.1. The van der Waals surface area contributed by atoms with Gasteiger partial charge in [-0.05, 0) is 44.2 Å². The zero-order valence-corrected chi connectivity index (χ0v) is 15.6. The van der Waals surface area contributed by atoms with E-state index >= 15 is 0 Å². The third kappa shape index (κ3) is 3.28. The number of nitrogens with one attached hydrogen (secondary N) is 1. The molecule has 26 heavy (non-hydrogen) atoms. The van der Waals surface area contributed by atoms with E-state index < -0.39 is 11.6 Å². The predicted molar refractivity (Wildman–Crippen MR) is 98.1 cm³/mol. The molecule has 2 aromatic rings. The van der Waals surface area contributed by atoms with Gasteiger partial charge in [0.15, 0.2) is 11.6 Å². The van der Waals surface area contributed by atoms with Crippen molar-refractivity contribution in [2.24, 2.45) is 0 Å². The Labute approximate surface area is 156 Å². The Morgan fingerprint density at radius 1 is 1.08 bits per heavy atom. The average molecular weight is 388 g/mol. The van der Waals surface area contributed by atoms with Crippen molar-refractivity contribution in [2.75, 3.05) is 26.3 Å². The summed E-state index contributed by atoms with van der Waals surface area (Å²) in [6.45, 7) is 4.98. The summed E-state index contributed by atoms with van der Waals surface area (Å²) in [6, 6.07) is 2.14. The first kappa shape index (κ1) is 19.3. The molecule has 5 nitrogen and oxygen atoms in total. The van der Waals surface area contributed by atoms with Crippen molar-refractivity contribution in [1.29, 1.82) is 0 Å². The summed E-state index contributed by atoms with van der Waals surface area (Å²) < 4.78 is 35.0. The molecular formula is C18H24ClF2N3O2. The topological polar surface area (TPSA) is 50.3 Å². The van der Waals surface area contributed by atoms with Crippen LogP contribution in [0.4, 0.5) is 8.78 Å². The van der Waals surface area contributed by atoms with Crippen molar-refractivity contribution in [3.8, 4) is 0 Å². The Morgan fingerprint density at radius 2 is 1.73 bits per heavy atom. The molecule has 0 atom stereocenters. The molecule has 3 heterocycles. The molecule has 1 aromatic carbocycles. The molecule has 0 aliphatic carbocycles. The number of H-pyrrole nitrogens is 1. The van der Waals surface area contributed by atoms with E-state index in [1.807, 2.05) is 0 Å². The van der Waals surface area contributed by atoms with Crippen LogP contribution >= 0.6 is 12.4 Å². The Balaban J connectivity index is 0.00000196. The molecule has 1 N–H and O–H groups in total. The highest BCUT2D eigenvalue weighted by Gasteiger charge is 2.29. The smallest absolute Gasteiger partial charge is 0.326 e. The summed E-state index contributed by atoms with van der Waals surface area (Å²) in [5.41, 5.74) is 0.298. The molecule has 0 spiro atoms. The normalized spacial score (nSPS) is 20.4. The van der Waals surface area contributed by atoms with Gasteiger partial charge in [-0.15, -0.1) is 12.4 Å². The number of halogens is 3. The average Bonchev–Trinajstić information content (AvgIpc) is 2.97. The number of ether oxygens (including phenoxy) is 1. The lowest BCUT2D eigenvalue weighted by Crippen LogP contribution is -2.45. The van der Waals surface area contributed by atoms with Crippen LogP contribution in [0.1, 0.15) is 37.3 Å². The molecule has 2 aliphatic heterocycles. The van der Waals surface area contributed by atoms with E-state index in [-0.39, 0.29) is 35.2 Å². The van der Waals surface area contributed by atoms with Crippen LogP contribution in [-0.2, 0) is 4.74 Å². The van der Waals surface area contributed by atoms with Gasteiger partial charge in [0.25, 0.3) is 0 Å². The van der Waals surface area contributed by atoms with Crippen molar-refractivity contribution in [2.45, 2.75) is 44.7 Å². The number of piperidine rings is 1. The summed E-state index contributed by atoms with van der Waals surface area (Å²) in [4.78, 5) is 17.4. The molecule has 2 saturated heterocycles. The predicted octanol–water partition coefficient (Wildman–Crippen LogP) is 3.15. The van der Waals surface area contributed by atoms with Gasteiger partial charge >= 0.3 is 5.69 Å². The first-order valence-corrected chi connectivity index (χ1v) is 8.97. The largest absolute Gasteiger partial charge is 0.381 e. The van der Waals surface area contributed by atoms with Crippen LogP contribution in [-0.4, -0.2) is 46.8 Å². The number of hydrogen-bond acceptors (Lipinski definition) is 3. The van der Waals surface area contributed by atoms with E-state index in [1.165, 1.54) is 6.92 Å². The third-order valence-electron chi connectivity index (χ3n) is 5.65. The number of likely N-dealkylation sites (tertiary alicyclic amines) is 1. The van der Waals surface area contributed by atoms with Gasteiger partial charge in [0.1, 0.15) is 5.52 Å². The fourth-order valence-corrected chi connectivity index (χ4v) is 4.24. The molecule has 8 heteroatoms. The van der Waals surface area contributed by atoms with Gasteiger partial charge in [0, 0.05) is 38.4 Å². The van der Waals surface area contributed by atoms with E-state index in [0.29, 0.717) is 11.6 Å². The molecule has 144 valence electrons. The van der Waals surface area contributed by atoms with E-state index in [0.717, 1.165) is 52.0 Å². The van der Waals surface area contributed by atoms with Gasteiger partial charge in [-0.2, -0.15) is 0 Å². The number of aromatic amines is 1. The van der Waals surface area contributed by atoms with E-state index in [9.17, 15) is 13.6 Å². The van der Waals surface area contributed by atoms with E-state index in [1.54, 1.807) is 10.6 Å². The second kappa shape index (κ2) is 7.66. The summed E-state index contributed by atoms with van der Waals surface area (Å²) >= 11 is 0. The number of rotatable bonds is 2. The third-order valence-corrected chi connectivity index (χ3v) is 5.65. The number of aromatic nitrogens is 2. The Hall–Kier alpha value is -1.44. The lowest BCUT2D eigenvalue weighted by atomic mass is 9.99. The maximum atomic E-state index is 14.1. The number of fused-ring (bicyclic) bond motifs is 1. The van der Waals surface area contributed by atoms with Gasteiger partial charge in [-0.25, -0.2) is 13.6 Å². The Morgan fingerprint density at radius 3 is 2.38 bits per heavy atom. The maximum Gasteiger partial charge on any atom is 0.326 e. The van der Waals surface area contributed by atoms with Gasteiger partial charge < -0.3 is 14.6 Å². The standard InChI is InChI=1S/C18H23F2N3O2.ClH/c1-11-10-14-17(16(20)15(11)19)21-18(24)23(14)13-2-6-22(7-3-13)12-4-8-25-9-5-12;/h10,12-13H,2-9H2,1H3,(H,21,24);1H. The number of imidazole rings is 1. The summed E-state index contributed by atoms with van der Waals surface area (Å²) in [5, 5.41) is 0. The molecule has 0 radical (unpaired) electrons. The quantitative estimate of drug-likeness (QED) is 0.861. The monoisotopic (exact) mass is 387 g/mol. The van der Waals surface area contributed by atoms with Crippen molar-refractivity contribution in [3.63, 3.8) is 0 Å². The highest BCUT2D eigenvalue weighted by molar-refractivity contribution is 5.85. The molecule has 0 unspecified atom stereocenters. The van der Waals surface area contributed by atoms with Crippen molar-refractivity contribution < 1.29 is 13.5 Å². The number of hydrogen-bond donors (Lipinski definition) is 1.